The molecule has 6 heteroatoms. The molecule has 14 heavy (non-hydrogen) atoms. The summed E-state index contributed by atoms with van der Waals surface area (Å²) in [6, 6.07) is 0. The zero-order valence-corrected chi connectivity index (χ0v) is 9.50. The Morgan fingerprint density at radius 2 is 1.86 bits per heavy atom. The van der Waals surface area contributed by atoms with E-state index in [0.29, 0.717) is 0 Å². The topological polar surface area (TPSA) is 61.8 Å². The normalized spacial score (nSPS) is 11.1. The van der Waals surface area contributed by atoms with Gasteiger partial charge in [-0.1, -0.05) is 6.58 Å². The molecule has 0 atom stereocenters. The van der Waals surface area contributed by atoms with Gasteiger partial charge in [0, 0.05) is 19.8 Å². The van der Waals surface area contributed by atoms with E-state index in [-0.39, 0.29) is 18.3 Å². The molecule has 0 N–H and O–H groups in total. The molecule has 0 aromatic carbocycles. The maximum absolute atomic E-state index is 11.6. The summed E-state index contributed by atoms with van der Waals surface area (Å²) in [6.07, 6.45) is -0.154. The Morgan fingerprint density at radius 3 is 2.21 bits per heavy atom. The summed E-state index contributed by atoms with van der Waals surface area (Å²) in [6.45, 7) is 5.38. The summed E-state index contributed by atoms with van der Waals surface area (Å²) >= 11 is 0. The smallest absolute Gasteiger partial charge is 0.334 e. The largest absolute Gasteiger partial charge is 0.463 e. The number of esters is 1. The molecular weight excluding hydrogens is 207 g/mol. The molecule has 0 aliphatic rings. The lowest BCUT2D eigenvalue weighted by Gasteiger charge is -2.13. The zero-order valence-electron chi connectivity index (χ0n) is 8.61. The van der Waals surface area contributed by atoms with E-state index >= 15 is 0 Å². The number of hydrogen-bond donors (Lipinski definition) is 0. The van der Waals surface area contributed by atoms with E-state index in [1.807, 2.05) is 0 Å². The zero-order chi connectivity index (χ0) is 11.2. The van der Waals surface area contributed by atoms with Crippen molar-refractivity contribution in [1.82, 2.24) is 0 Å². The molecule has 0 saturated heterocycles. The van der Waals surface area contributed by atoms with Crippen LogP contribution in [0.15, 0.2) is 12.2 Å². The highest BCUT2D eigenvalue weighted by molar-refractivity contribution is 7.54. The van der Waals surface area contributed by atoms with Crippen LogP contribution >= 0.6 is 7.60 Å². The lowest BCUT2D eigenvalue weighted by Crippen LogP contribution is -2.11. The molecule has 0 aromatic heterocycles. The predicted octanol–water partition coefficient (Wildman–Crippen LogP) is 1.59. The van der Waals surface area contributed by atoms with Gasteiger partial charge in [-0.15, -0.1) is 0 Å². The molecule has 0 bridgehead atoms. The summed E-state index contributed by atoms with van der Waals surface area (Å²) in [5.41, 5.74) is 0.0823. The minimum Gasteiger partial charge on any atom is -0.463 e. The Kier molecular flexibility index (Phi) is 5.69. The summed E-state index contributed by atoms with van der Waals surface area (Å²) in [7, 11) is -0.710. The van der Waals surface area contributed by atoms with Gasteiger partial charge >= 0.3 is 13.6 Å². The Bertz CT molecular complexity index is 252. The van der Waals surface area contributed by atoms with Crippen LogP contribution in [-0.2, 0) is 23.1 Å². The van der Waals surface area contributed by atoms with Gasteiger partial charge in [0.05, 0.1) is 12.8 Å². The van der Waals surface area contributed by atoms with E-state index in [2.05, 4.69) is 20.4 Å². The van der Waals surface area contributed by atoms with E-state index in [0.717, 1.165) is 0 Å². The Morgan fingerprint density at radius 1 is 1.36 bits per heavy atom. The minimum absolute atomic E-state index is 0.0823. The van der Waals surface area contributed by atoms with Gasteiger partial charge < -0.3 is 13.8 Å². The highest BCUT2D eigenvalue weighted by Crippen LogP contribution is 2.47. The molecule has 0 aliphatic heterocycles. The quantitative estimate of drug-likeness (QED) is 0.388. The first-order valence-corrected chi connectivity index (χ1v) is 5.77. The standard InChI is InChI=1S/C8H15O5P/c1-5-13-8(9)7(2)6-14(10,11-3)12-4/h2,5-6H2,1,3-4H3. The van der Waals surface area contributed by atoms with Crippen LogP contribution in [0.1, 0.15) is 6.92 Å². The maximum atomic E-state index is 11.6. The average Bonchev–Trinajstić information content (AvgIpc) is 2.18. The number of ether oxygens (including phenoxy) is 1. The third-order valence-corrected chi connectivity index (χ3v) is 3.39. The lowest BCUT2D eigenvalue weighted by atomic mass is 10.4. The van der Waals surface area contributed by atoms with Crippen LogP contribution in [0.2, 0.25) is 0 Å². The fourth-order valence-corrected chi connectivity index (χ4v) is 1.74. The minimum atomic E-state index is -3.22. The molecule has 5 nitrogen and oxygen atoms in total. The molecule has 0 aliphatic carbocycles. The fourth-order valence-electron chi connectivity index (χ4n) is 0.735. The second kappa shape index (κ2) is 5.96. The molecule has 0 spiro atoms. The van der Waals surface area contributed by atoms with Gasteiger partial charge in [-0.05, 0) is 6.92 Å². The predicted molar refractivity (Wildman–Crippen MR) is 52.3 cm³/mol. The van der Waals surface area contributed by atoms with Gasteiger partial charge in [0.15, 0.2) is 0 Å². The summed E-state index contributed by atoms with van der Waals surface area (Å²) in [4.78, 5) is 11.1. The van der Waals surface area contributed by atoms with Crippen molar-refractivity contribution in [3.63, 3.8) is 0 Å². The van der Waals surface area contributed by atoms with Gasteiger partial charge in [0.1, 0.15) is 0 Å². The van der Waals surface area contributed by atoms with Gasteiger partial charge in [0.2, 0.25) is 0 Å². The first kappa shape index (κ1) is 13.4. The highest BCUT2D eigenvalue weighted by atomic mass is 31.2. The van der Waals surface area contributed by atoms with E-state index < -0.39 is 13.6 Å². The summed E-state index contributed by atoms with van der Waals surface area (Å²) in [5.74, 6) is -0.582. The van der Waals surface area contributed by atoms with Crippen molar-refractivity contribution >= 4 is 13.6 Å². The van der Waals surface area contributed by atoms with Crippen LogP contribution in [-0.4, -0.2) is 33.0 Å². The van der Waals surface area contributed by atoms with E-state index in [9.17, 15) is 9.36 Å². The number of carbonyl (C=O) groups excluding carboxylic acids is 1. The van der Waals surface area contributed by atoms with Crippen molar-refractivity contribution in [3.05, 3.63) is 12.2 Å². The summed E-state index contributed by atoms with van der Waals surface area (Å²) < 4.78 is 25.5. The second-order valence-electron chi connectivity index (χ2n) is 2.46. The summed E-state index contributed by atoms with van der Waals surface area (Å²) in [5, 5.41) is 0. The van der Waals surface area contributed by atoms with Crippen molar-refractivity contribution in [1.29, 1.82) is 0 Å². The molecular formula is C8H15O5P. The number of rotatable bonds is 6. The van der Waals surface area contributed by atoms with Crippen molar-refractivity contribution in [3.8, 4) is 0 Å². The maximum Gasteiger partial charge on any atom is 0.334 e. The molecule has 0 amide bonds. The van der Waals surface area contributed by atoms with Gasteiger partial charge in [-0.3, -0.25) is 4.57 Å². The molecule has 0 heterocycles. The molecule has 0 unspecified atom stereocenters. The van der Waals surface area contributed by atoms with Crippen LogP contribution in [0.3, 0.4) is 0 Å². The molecule has 0 rings (SSSR count). The third-order valence-electron chi connectivity index (χ3n) is 1.50. The van der Waals surface area contributed by atoms with E-state index in [4.69, 9.17) is 0 Å². The first-order valence-electron chi connectivity index (χ1n) is 4.04. The molecule has 0 radical (unpaired) electrons. The van der Waals surface area contributed by atoms with Crippen LogP contribution < -0.4 is 0 Å². The van der Waals surface area contributed by atoms with Gasteiger partial charge in [-0.25, -0.2) is 4.79 Å². The van der Waals surface area contributed by atoms with Crippen molar-refractivity contribution < 1.29 is 23.1 Å². The van der Waals surface area contributed by atoms with Crippen LogP contribution in [0.4, 0.5) is 0 Å². The van der Waals surface area contributed by atoms with Crippen molar-refractivity contribution in [2.24, 2.45) is 0 Å². The monoisotopic (exact) mass is 222 g/mol. The van der Waals surface area contributed by atoms with Crippen molar-refractivity contribution in [2.75, 3.05) is 27.0 Å². The third kappa shape index (κ3) is 4.05. The average molecular weight is 222 g/mol. The second-order valence-corrected chi connectivity index (χ2v) is 4.73. The van der Waals surface area contributed by atoms with Crippen molar-refractivity contribution in [2.45, 2.75) is 6.92 Å². The van der Waals surface area contributed by atoms with Crippen LogP contribution in [0, 0.1) is 0 Å². The number of carbonyl (C=O) groups is 1. The fraction of sp³-hybridized carbons (Fsp3) is 0.625. The highest BCUT2D eigenvalue weighted by Gasteiger charge is 2.25. The number of hydrogen-bond acceptors (Lipinski definition) is 5. The van der Waals surface area contributed by atoms with Crippen LogP contribution in [0.25, 0.3) is 0 Å². The van der Waals surface area contributed by atoms with E-state index in [1.54, 1.807) is 6.92 Å². The molecule has 0 fully saturated rings. The Hall–Kier alpha value is -0.640. The molecule has 82 valence electrons. The first-order chi connectivity index (χ1) is 6.49. The lowest BCUT2D eigenvalue weighted by molar-refractivity contribution is -0.138. The molecule has 0 aromatic rings. The van der Waals surface area contributed by atoms with Gasteiger partial charge in [0.25, 0.3) is 0 Å². The Labute approximate surface area is 83.6 Å². The Balaban J connectivity index is 4.31. The van der Waals surface area contributed by atoms with Crippen LogP contribution in [0.5, 0.6) is 0 Å². The molecule has 0 saturated carbocycles. The van der Waals surface area contributed by atoms with E-state index in [1.165, 1.54) is 14.2 Å². The van der Waals surface area contributed by atoms with Gasteiger partial charge in [-0.2, -0.15) is 0 Å². The SMILES string of the molecule is C=C(CP(=O)(OC)OC)C(=O)OCC.